The van der Waals surface area contributed by atoms with E-state index in [0.717, 1.165) is 30.0 Å². The molecule has 1 amide bonds. The van der Waals surface area contributed by atoms with Gasteiger partial charge in [-0.25, -0.2) is 4.98 Å². The number of piperidine rings is 1. The van der Waals surface area contributed by atoms with Gasteiger partial charge in [0.25, 0.3) is 5.91 Å². The van der Waals surface area contributed by atoms with Crippen LogP contribution in [0.25, 0.3) is 0 Å². The van der Waals surface area contributed by atoms with E-state index in [2.05, 4.69) is 4.98 Å². The number of hydrogen-bond donors (Lipinski definition) is 1. The van der Waals surface area contributed by atoms with Crippen LogP contribution in [0.2, 0.25) is 0 Å². The highest BCUT2D eigenvalue weighted by Gasteiger charge is 2.26. The first-order valence-electron chi connectivity index (χ1n) is 7.91. The Bertz CT molecular complexity index is 636. The van der Waals surface area contributed by atoms with E-state index in [9.17, 15) is 4.79 Å². The maximum absolute atomic E-state index is 12.5. The number of likely N-dealkylation sites (tertiary alicyclic amines) is 1. The second-order valence-electron chi connectivity index (χ2n) is 5.59. The minimum absolute atomic E-state index is 0.0164. The second-order valence-corrected chi connectivity index (χ2v) is 6.53. The first-order chi connectivity index (χ1) is 11.3. The van der Waals surface area contributed by atoms with Gasteiger partial charge in [0.1, 0.15) is 17.5 Å². The lowest BCUT2D eigenvalue weighted by atomic mass is 10.1. The number of carbonyl (C=O) groups excluding carboxylic acids is 1. The quantitative estimate of drug-likeness (QED) is 0.913. The molecule has 1 aliphatic heterocycles. The minimum atomic E-state index is 0.0164. The molecule has 0 saturated carbocycles. The summed E-state index contributed by atoms with van der Waals surface area (Å²) in [5.41, 5.74) is 6.07. The lowest BCUT2D eigenvalue weighted by Gasteiger charge is -2.31. The lowest BCUT2D eigenvalue weighted by Crippen LogP contribution is -2.41. The van der Waals surface area contributed by atoms with E-state index in [1.807, 2.05) is 40.6 Å². The number of rotatable bonds is 5. The Hall–Kier alpha value is -1.92. The highest BCUT2D eigenvalue weighted by molar-refractivity contribution is 7.09. The normalized spacial score (nSPS) is 15.6. The second kappa shape index (κ2) is 7.57. The fourth-order valence-corrected chi connectivity index (χ4v) is 3.47. The number of ether oxygens (including phenoxy) is 1. The number of amides is 1. The largest absolute Gasteiger partial charge is 0.490 e. The van der Waals surface area contributed by atoms with E-state index >= 15 is 0 Å². The van der Waals surface area contributed by atoms with Gasteiger partial charge in [0.15, 0.2) is 0 Å². The summed E-state index contributed by atoms with van der Waals surface area (Å²) in [5.74, 6) is 0.908. The molecule has 0 spiro atoms. The maximum Gasteiger partial charge on any atom is 0.273 e. The van der Waals surface area contributed by atoms with E-state index in [1.165, 1.54) is 11.3 Å². The number of benzene rings is 1. The van der Waals surface area contributed by atoms with E-state index in [4.69, 9.17) is 10.5 Å². The first kappa shape index (κ1) is 16.0. The fraction of sp³-hybridized carbons (Fsp3) is 0.412. The maximum atomic E-state index is 12.5. The molecule has 1 aromatic carbocycles. The van der Waals surface area contributed by atoms with Crippen LogP contribution in [0.3, 0.4) is 0 Å². The summed E-state index contributed by atoms with van der Waals surface area (Å²) in [6.45, 7) is 1.98. The van der Waals surface area contributed by atoms with Crippen LogP contribution in [0.5, 0.6) is 5.75 Å². The molecule has 0 aliphatic carbocycles. The molecule has 1 aromatic heterocycles. The van der Waals surface area contributed by atoms with Crippen molar-refractivity contribution < 1.29 is 9.53 Å². The van der Waals surface area contributed by atoms with Gasteiger partial charge in [-0.3, -0.25) is 4.79 Å². The Kier molecular flexibility index (Phi) is 5.25. The number of thiazole rings is 1. The Morgan fingerprint density at radius 1 is 1.30 bits per heavy atom. The molecule has 1 saturated heterocycles. The van der Waals surface area contributed by atoms with Crippen LogP contribution >= 0.6 is 11.3 Å². The van der Waals surface area contributed by atoms with E-state index in [-0.39, 0.29) is 12.0 Å². The van der Waals surface area contributed by atoms with Crippen molar-refractivity contribution in [3.63, 3.8) is 0 Å². The monoisotopic (exact) mass is 331 g/mol. The number of aromatic nitrogens is 1. The van der Waals surface area contributed by atoms with Crippen molar-refractivity contribution in [1.82, 2.24) is 9.88 Å². The Morgan fingerprint density at radius 2 is 2.04 bits per heavy atom. The first-order valence-corrected chi connectivity index (χ1v) is 8.79. The van der Waals surface area contributed by atoms with E-state index in [0.29, 0.717) is 25.3 Å². The van der Waals surface area contributed by atoms with Crippen molar-refractivity contribution in [2.45, 2.75) is 25.4 Å². The predicted octanol–water partition coefficient (Wildman–Crippen LogP) is 2.33. The van der Waals surface area contributed by atoms with Gasteiger partial charge in [0.05, 0.1) is 5.01 Å². The van der Waals surface area contributed by atoms with Crippen LogP contribution in [-0.4, -0.2) is 41.5 Å². The van der Waals surface area contributed by atoms with Gasteiger partial charge in [0, 0.05) is 37.7 Å². The number of hydrogen-bond acceptors (Lipinski definition) is 5. The van der Waals surface area contributed by atoms with Gasteiger partial charge < -0.3 is 15.4 Å². The van der Waals surface area contributed by atoms with Gasteiger partial charge in [-0.2, -0.15) is 0 Å². The molecule has 0 radical (unpaired) electrons. The predicted molar refractivity (Wildman–Crippen MR) is 90.9 cm³/mol. The molecule has 1 fully saturated rings. The molecule has 0 unspecified atom stereocenters. The molecule has 5 nitrogen and oxygen atoms in total. The molecule has 0 bridgehead atoms. The van der Waals surface area contributed by atoms with Gasteiger partial charge in [-0.05, 0) is 18.7 Å². The number of nitrogens with two attached hydrogens (primary N) is 1. The summed E-state index contributed by atoms with van der Waals surface area (Å²) in [5, 5.41) is 2.76. The smallest absolute Gasteiger partial charge is 0.273 e. The zero-order chi connectivity index (χ0) is 16.1. The molecule has 23 heavy (non-hydrogen) atoms. The van der Waals surface area contributed by atoms with Crippen LogP contribution in [0, 0.1) is 0 Å². The molecular weight excluding hydrogens is 310 g/mol. The summed E-state index contributed by atoms with van der Waals surface area (Å²) < 4.78 is 5.96. The van der Waals surface area contributed by atoms with E-state index in [1.54, 1.807) is 0 Å². The van der Waals surface area contributed by atoms with Crippen LogP contribution < -0.4 is 10.5 Å². The molecule has 0 atom stereocenters. The van der Waals surface area contributed by atoms with Crippen molar-refractivity contribution in [1.29, 1.82) is 0 Å². The summed E-state index contributed by atoms with van der Waals surface area (Å²) in [6.07, 6.45) is 2.59. The third kappa shape index (κ3) is 4.09. The molecule has 2 N–H and O–H groups in total. The molecule has 2 aromatic rings. The minimum Gasteiger partial charge on any atom is -0.490 e. The molecular formula is C17H21N3O2S. The Morgan fingerprint density at radius 3 is 2.74 bits per heavy atom. The summed E-state index contributed by atoms with van der Waals surface area (Å²) in [6, 6.07) is 9.84. The molecule has 2 heterocycles. The average Bonchev–Trinajstić information content (AvgIpc) is 3.05. The van der Waals surface area contributed by atoms with Gasteiger partial charge in [-0.15, -0.1) is 11.3 Å². The summed E-state index contributed by atoms with van der Waals surface area (Å²) >= 11 is 1.51. The number of nitrogens with zero attached hydrogens (tertiary/aromatic N) is 2. The van der Waals surface area contributed by atoms with Crippen LogP contribution in [0.1, 0.15) is 28.3 Å². The topological polar surface area (TPSA) is 68.5 Å². The highest BCUT2D eigenvalue weighted by Crippen LogP contribution is 2.20. The van der Waals surface area contributed by atoms with Crippen molar-refractivity contribution in [3.05, 3.63) is 46.4 Å². The average molecular weight is 331 g/mol. The summed E-state index contributed by atoms with van der Waals surface area (Å²) in [7, 11) is 0. The summed E-state index contributed by atoms with van der Waals surface area (Å²) in [4.78, 5) is 18.7. The fourth-order valence-electron chi connectivity index (χ4n) is 2.68. The third-order valence-corrected chi connectivity index (χ3v) is 4.81. The van der Waals surface area contributed by atoms with Crippen LogP contribution in [-0.2, 0) is 6.42 Å². The SMILES string of the molecule is NCCc1nc(C(=O)N2CCC(Oc3ccccc3)CC2)cs1. The van der Waals surface area contributed by atoms with Gasteiger partial charge in [-0.1, -0.05) is 18.2 Å². The molecule has 1 aliphatic rings. The number of para-hydroxylation sites is 1. The Balaban J connectivity index is 1.52. The standard InChI is InChI=1S/C17H21N3O2S/c18-9-6-16-19-15(12-23-16)17(21)20-10-7-14(8-11-20)22-13-4-2-1-3-5-13/h1-5,12,14H,6-11,18H2. The Labute approximate surface area is 140 Å². The van der Waals surface area contributed by atoms with Crippen molar-refractivity contribution in [3.8, 4) is 5.75 Å². The van der Waals surface area contributed by atoms with Crippen LogP contribution in [0.15, 0.2) is 35.7 Å². The van der Waals surface area contributed by atoms with Gasteiger partial charge in [0.2, 0.25) is 0 Å². The van der Waals surface area contributed by atoms with E-state index < -0.39 is 0 Å². The third-order valence-electron chi connectivity index (χ3n) is 3.90. The van der Waals surface area contributed by atoms with Crippen molar-refractivity contribution in [2.75, 3.05) is 19.6 Å². The zero-order valence-corrected chi connectivity index (χ0v) is 13.8. The van der Waals surface area contributed by atoms with Crippen molar-refractivity contribution in [2.24, 2.45) is 5.73 Å². The van der Waals surface area contributed by atoms with Crippen LogP contribution in [0.4, 0.5) is 0 Å². The lowest BCUT2D eigenvalue weighted by molar-refractivity contribution is 0.0590. The number of carbonyl (C=O) groups is 1. The van der Waals surface area contributed by atoms with Gasteiger partial charge >= 0.3 is 0 Å². The van der Waals surface area contributed by atoms with Crippen molar-refractivity contribution >= 4 is 17.2 Å². The highest BCUT2D eigenvalue weighted by atomic mass is 32.1. The molecule has 6 heteroatoms. The molecule has 122 valence electrons. The zero-order valence-electron chi connectivity index (χ0n) is 13.0. The molecule has 3 rings (SSSR count).